The van der Waals surface area contributed by atoms with Crippen molar-refractivity contribution in [3.63, 3.8) is 0 Å². The van der Waals surface area contributed by atoms with E-state index in [1.807, 2.05) is 42.2 Å². The van der Waals surface area contributed by atoms with Gasteiger partial charge in [-0.3, -0.25) is 9.48 Å². The molecule has 4 heterocycles. The summed E-state index contributed by atoms with van der Waals surface area (Å²) in [6.45, 7) is 0.744. The fourth-order valence-electron chi connectivity index (χ4n) is 3.80. The summed E-state index contributed by atoms with van der Waals surface area (Å²) in [6, 6.07) is 7.85. The van der Waals surface area contributed by atoms with E-state index < -0.39 is 5.60 Å². The zero-order valence-electron chi connectivity index (χ0n) is 14.6. The molecule has 3 aromatic rings. The molecule has 2 aliphatic heterocycles. The number of hydrogen-bond donors (Lipinski definition) is 1. The highest BCUT2D eigenvalue weighted by molar-refractivity contribution is 6.02. The van der Waals surface area contributed by atoms with Gasteiger partial charge in [-0.1, -0.05) is 12.1 Å². The molecule has 0 aliphatic carbocycles. The van der Waals surface area contributed by atoms with Gasteiger partial charge in [-0.15, -0.1) is 0 Å². The first kappa shape index (κ1) is 15.6. The minimum absolute atomic E-state index is 0.230. The molecule has 1 fully saturated rings. The third kappa shape index (κ3) is 2.25. The number of aromatic nitrogens is 3. The Labute approximate surface area is 155 Å². The zero-order chi connectivity index (χ0) is 18.6. The molecule has 0 radical (unpaired) electrons. The number of nitrogens with one attached hydrogen (secondary N) is 1. The maximum atomic E-state index is 12.7. The highest BCUT2D eigenvalue weighted by Crippen LogP contribution is 2.39. The van der Waals surface area contributed by atoms with Crippen molar-refractivity contribution in [2.24, 2.45) is 7.05 Å². The van der Waals surface area contributed by atoms with Crippen molar-refractivity contribution in [2.75, 3.05) is 18.4 Å². The van der Waals surface area contributed by atoms with Crippen LogP contribution >= 0.6 is 0 Å². The number of ether oxygens (including phenoxy) is 1. The van der Waals surface area contributed by atoms with Gasteiger partial charge in [0.05, 0.1) is 18.3 Å². The number of amides is 1. The third-order valence-electron chi connectivity index (χ3n) is 5.28. The van der Waals surface area contributed by atoms with Gasteiger partial charge in [0.2, 0.25) is 11.5 Å². The molecule has 1 atom stereocenters. The minimum Gasteiger partial charge on any atom is -0.457 e. The van der Waals surface area contributed by atoms with Crippen LogP contribution < -0.4 is 10.1 Å². The van der Waals surface area contributed by atoms with Crippen molar-refractivity contribution in [3.8, 4) is 23.2 Å². The molecule has 27 heavy (non-hydrogen) atoms. The second kappa shape index (κ2) is 5.45. The van der Waals surface area contributed by atoms with Crippen LogP contribution in [0.5, 0.6) is 5.88 Å². The molecule has 1 amide bonds. The Morgan fingerprint density at radius 1 is 1.37 bits per heavy atom. The van der Waals surface area contributed by atoms with Crippen LogP contribution in [0.4, 0.5) is 5.69 Å². The highest BCUT2D eigenvalue weighted by Gasteiger charge is 2.50. The number of anilines is 1. The summed E-state index contributed by atoms with van der Waals surface area (Å²) in [5, 5.41) is 17.3. The molecule has 2 aromatic heterocycles. The summed E-state index contributed by atoms with van der Waals surface area (Å²) in [5.41, 5.74) is 2.38. The van der Waals surface area contributed by atoms with Crippen LogP contribution in [0.25, 0.3) is 22.0 Å². The van der Waals surface area contributed by atoms with Crippen molar-refractivity contribution in [1.29, 1.82) is 5.26 Å². The number of carbonyl (C=O) groups excluding carboxylic acids is 1. The van der Waals surface area contributed by atoms with E-state index in [9.17, 15) is 4.79 Å². The maximum absolute atomic E-state index is 12.7. The van der Waals surface area contributed by atoms with Crippen molar-refractivity contribution < 1.29 is 9.53 Å². The second-order valence-electron chi connectivity index (χ2n) is 6.91. The topological polar surface area (TPSA) is 96.1 Å². The number of nitrogens with zero attached hydrogens (tertiary/aromatic N) is 5. The van der Waals surface area contributed by atoms with Gasteiger partial charge in [0.15, 0.2) is 6.19 Å². The largest absolute Gasteiger partial charge is 0.457 e. The number of hydrogen-bond acceptors (Lipinski definition) is 6. The van der Waals surface area contributed by atoms with Crippen LogP contribution in [-0.2, 0) is 11.8 Å². The van der Waals surface area contributed by atoms with Crippen molar-refractivity contribution in [2.45, 2.75) is 12.0 Å². The molecule has 1 aromatic carbocycles. The molecule has 0 bridgehead atoms. The fraction of sp³-hybridized carbons (Fsp3) is 0.263. The number of aryl methyl sites for hydroxylation is 1. The Bertz CT molecular complexity index is 1130. The molecule has 8 nitrogen and oxygen atoms in total. The third-order valence-corrected chi connectivity index (χ3v) is 5.28. The van der Waals surface area contributed by atoms with Gasteiger partial charge in [-0.25, -0.2) is 4.98 Å². The van der Waals surface area contributed by atoms with Gasteiger partial charge < -0.3 is 15.0 Å². The maximum Gasteiger partial charge on any atom is 0.270 e. The monoisotopic (exact) mass is 360 g/mol. The first-order valence-electron chi connectivity index (χ1n) is 8.66. The van der Waals surface area contributed by atoms with Gasteiger partial charge in [0, 0.05) is 37.2 Å². The molecular formula is C19H16N6O2. The van der Waals surface area contributed by atoms with Crippen LogP contribution in [0.2, 0.25) is 0 Å². The quantitative estimate of drug-likeness (QED) is 0.666. The average Bonchev–Trinajstić information content (AvgIpc) is 3.27. The second-order valence-corrected chi connectivity index (χ2v) is 6.91. The first-order chi connectivity index (χ1) is 13.1. The van der Waals surface area contributed by atoms with Crippen molar-refractivity contribution in [3.05, 3.63) is 36.7 Å². The van der Waals surface area contributed by atoms with Crippen LogP contribution in [0.15, 0.2) is 36.7 Å². The Morgan fingerprint density at radius 2 is 2.26 bits per heavy atom. The van der Waals surface area contributed by atoms with E-state index in [2.05, 4.69) is 21.6 Å². The van der Waals surface area contributed by atoms with Gasteiger partial charge in [-0.05, 0) is 17.7 Å². The van der Waals surface area contributed by atoms with Crippen molar-refractivity contribution in [1.82, 2.24) is 19.7 Å². The van der Waals surface area contributed by atoms with E-state index in [4.69, 9.17) is 10.00 Å². The number of fused-ring (bicyclic) bond motifs is 2. The number of carbonyl (C=O) groups is 1. The molecule has 0 unspecified atom stereocenters. The summed E-state index contributed by atoms with van der Waals surface area (Å²) in [4.78, 5) is 18.7. The van der Waals surface area contributed by atoms with Crippen LogP contribution in [0.3, 0.4) is 0 Å². The Hall–Kier alpha value is -3.60. The predicted octanol–water partition coefficient (Wildman–Crippen LogP) is 1.89. The smallest absolute Gasteiger partial charge is 0.270 e. The van der Waals surface area contributed by atoms with Crippen LogP contribution in [0.1, 0.15) is 6.42 Å². The summed E-state index contributed by atoms with van der Waals surface area (Å²) in [7, 11) is 1.90. The standard InChI is InChI=1S/C19H16N6O2/c1-24-16-4-2-3-13(14(16)9-22-24)12-7-15-17(21-8-12)27-19(18(26)23-15)5-6-25(10-19)11-20/h2-4,7-9H,5-6,10H2,1H3,(H,23,26)/t19-/m0/s1. The molecule has 1 spiro atoms. The van der Waals surface area contributed by atoms with Gasteiger partial charge in [0.1, 0.15) is 5.69 Å². The summed E-state index contributed by atoms with van der Waals surface area (Å²) in [5.74, 6) is 0.155. The van der Waals surface area contributed by atoms with E-state index in [-0.39, 0.29) is 12.5 Å². The molecule has 1 N–H and O–H groups in total. The molecule has 1 saturated heterocycles. The van der Waals surface area contributed by atoms with E-state index in [0.29, 0.717) is 24.5 Å². The zero-order valence-corrected chi connectivity index (χ0v) is 14.6. The lowest BCUT2D eigenvalue weighted by Gasteiger charge is -2.33. The predicted molar refractivity (Wildman–Crippen MR) is 97.7 cm³/mol. The number of pyridine rings is 1. The van der Waals surface area contributed by atoms with E-state index in [0.717, 1.165) is 22.0 Å². The lowest BCUT2D eigenvalue weighted by molar-refractivity contribution is -0.131. The SMILES string of the molecule is Cn1ncc2c(-c3cnc4c(c3)NC(=O)[C@@]3(CCN(C#N)C3)O4)cccc21. The summed E-state index contributed by atoms with van der Waals surface area (Å²) < 4.78 is 7.79. The molecule has 0 saturated carbocycles. The van der Waals surface area contributed by atoms with Crippen LogP contribution in [-0.4, -0.2) is 44.3 Å². The lowest BCUT2D eigenvalue weighted by atomic mass is 9.99. The Balaban J connectivity index is 1.55. The molecule has 5 rings (SSSR count). The number of nitriles is 1. The van der Waals surface area contributed by atoms with Crippen LogP contribution in [0, 0.1) is 11.5 Å². The normalized spacial score (nSPS) is 21.0. The molecule has 8 heteroatoms. The van der Waals surface area contributed by atoms with Gasteiger partial charge >= 0.3 is 0 Å². The van der Waals surface area contributed by atoms with Crippen molar-refractivity contribution >= 4 is 22.5 Å². The molecular weight excluding hydrogens is 344 g/mol. The average molecular weight is 360 g/mol. The van der Waals surface area contributed by atoms with E-state index in [1.54, 1.807) is 6.20 Å². The summed E-state index contributed by atoms with van der Waals surface area (Å²) >= 11 is 0. The molecule has 134 valence electrons. The van der Waals surface area contributed by atoms with E-state index >= 15 is 0 Å². The number of rotatable bonds is 1. The van der Waals surface area contributed by atoms with Gasteiger partial charge in [-0.2, -0.15) is 10.4 Å². The highest BCUT2D eigenvalue weighted by atomic mass is 16.5. The minimum atomic E-state index is -1.04. The number of benzene rings is 1. The fourth-order valence-corrected chi connectivity index (χ4v) is 3.80. The molecule has 2 aliphatic rings. The van der Waals surface area contributed by atoms with Gasteiger partial charge in [0.25, 0.3) is 5.91 Å². The Morgan fingerprint density at radius 3 is 3.07 bits per heavy atom. The Kier molecular flexibility index (Phi) is 3.15. The summed E-state index contributed by atoms with van der Waals surface area (Å²) in [6.07, 6.45) is 6.10. The lowest BCUT2D eigenvalue weighted by Crippen LogP contribution is -2.52. The number of likely N-dealkylation sites (tertiary alicyclic amines) is 1. The van der Waals surface area contributed by atoms with E-state index in [1.165, 1.54) is 4.90 Å². The first-order valence-corrected chi connectivity index (χ1v) is 8.66.